The van der Waals surface area contributed by atoms with Crippen molar-refractivity contribution in [2.45, 2.75) is 31.2 Å². The van der Waals surface area contributed by atoms with Crippen molar-refractivity contribution in [2.75, 3.05) is 5.75 Å². The normalized spacial score (nSPS) is 13.8. The second kappa shape index (κ2) is 7.79. The molecule has 0 fully saturated rings. The summed E-state index contributed by atoms with van der Waals surface area (Å²) < 4.78 is 12.0. The zero-order valence-electron chi connectivity index (χ0n) is 11.5. The molecule has 1 amide bonds. The van der Waals surface area contributed by atoms with Crippen molar-refractivity contribution in [3.8, 4) is 0 Å². The Hall–Kier alpha value is -1.69. The van der Waals surface area contributed by atoms with E-state index >= 15 is 0 Å². The molecule has 0 saturated carbocycles. The SMILES string of the molecule is CC(C)C(=O)N[C@H](CC[S@@](=O)c1ccccc1)C(=O)O. The Balaban J connectivity index is 2.57. The van der Waals surface area contributed by atoms with Crippen LogP contribution in [0.5, 0.6) is 0 Å². The molecule has 2 atom stereocenters. The summed E-state index contributed by atoms with van der Waals surface area (Å²) in [5, 5.41) is 11.5. The first kappa shape index (κ1) is 16.4. The van der Waals surface area contributed by atoms with Gasteiger partial charge in [-0.25, -0.2) is 4.79 Å². The molecule has 0 heterocycles. The largest absolute Gasteiger partial charge is 0.480 e. The highest BCUT2D eigenvalue weighted by atomic mass is 32.2. The van der Waals surface area contributed by atoms with Gasteiger partial charge in [0.05, 0.1) is 10.8 Å². The number of carboxylic acid groups (broad SMARTS) is 1. The van der Waals surface area contributed by atoms with Gasteiger partial charge in [-0.15, -0.1) is 0 Å². The molecule has 110 valence electrons. The number of amides is 1. The van der Waals surface area contributed by atoms with E-state index in [4.69, 9.17) is 5.11 Å². The van der Waals surface area contributed by atoms with Gasteiger partial charge in [0.25, 0.3) is 0 Å². The van der Waals surface area contributed by atoms with Crippen LogP contribution in [-0.2, 0) is 20.4 Å². The van der Waals surface area contributed by atoms with E-state index in [1.807, 2.05) is 6.07 Å². The van der Waals surface area contributed by atoms with Crippen LogP contribution in [0.15, 0.2) is 35.2 Å². The van der Waals surface area contributed by atoms with Crippen LogP contribution in [0.2, 0.25) is 0 Å². The zero-order chi connectivity index (χ0) is 15.1. The number of nitrogens with one attached hydrogen (secondary N) is 1. The number of carboxylic acids is 1. The van der Waals surface area contributed by atoms with E-state index in [1.54, 1.807) is 38.1 Å². The van der Waals surface area contributed by atoms with Gasteiger partial charge in [-0.1, -0.05) is 32.0 Å². The predicted octanol–water partition coefficient (Wildman–Crippen LogP) is 1.41. The minimum Gasteiger partial charge on any atom is -0.480 e. The maximum absolute atomic E-state index is 12.0. The zero-order valence-corrected chi connectivity index (χ0v) is 12.4. The summed E-state index contributed by atoms with van der Waals surface area (Å²) in [7, 11) is -1.26. The molecule has 0 radical (unpaired) electrons. The van der Waals surface area contributed by atoms with Gasteiger partial charge >= 0.3 is 5.97 Å². The van der Waals surface area contributed by atoms with Crippen LogP contribution >= 0.6 is 0 Å². The topological polar surface area (TPSA) is 83.5 Å². The van der Waals surface area contributed by atoms with Crippen LogP contribution < -0.4 is 5.32 Å². The fraction of sp³-hybridized carbons (Fsp3) is 0.429. The lowest BCUT2D eigenvalue weighted by Gasteiger charge is -2.15. The van der Waals surface area contributed by atoms with Crippen molar-refractivity contribution in [1.82, 2.24) is 5.32 Å². The molecule has 0 aliphatic carbocycles. The Morgan fingerprint density at radius 3 is 2.35 bits per heavy atom. The van der Waals surface area contributed by atoms with Crippen LogP contribution in [0.25, 0.3) is 0 Å². The molecule has 0 saturated heterocycles. The van der Waals surface area contributed by atoms with Crippen molar-refractivity contribution >= 4 is 22.7 Å². The first-order chi connectivity index (χ1) is 9.41. The molecule has 1 aromatic carbocycles. The average molecular weight is 297 g/mol. The van der Waals surface area contributed by atoms with Crippen LogP contribution in [-0.4, -0.2) is 33.0 Å². The Morgan fingerprint density at radius 2 is 1.85 bits per heavy atom. The van der Waals surface area contributed by atoms with Crippen molar-refractivity contribution in [3.63, 3.8) is 0 Å². The van der Waals surface area contributed by atoms with E-state index in [9.17, 15) is 13.8 Å². The fourth-order valence-corrected chi connectivity index (χ4v) is 2.66. The van der Waals surface area contributed by atoms with Crippen LogP contribution in [0.4, 0.5) is 0 Å². The quantitative estimate of drug-likeness (QED) is 0.797. The smallest absolute Gasteiger partial charge is 0.326 e. The number of rotatable bonds is 7. The summed E-state index contributed by atoms with van der Waals surface area (Å²) in [5.41, 5.74) is 0. The summed E-state index contributed by atoms with van der Waals surface area (Å²) in [6.07, 6.45) is 0.134. The molecule has 1 rings (SSSR count). The third-order valence-electron chi connectivity index (χ3n) is 2.74. The molecule has 0 unspecified atom stereocenters. The number of carbonyl (C=O) groups is 2. The number of benzene rings is 1. The monoisotopic (exact) mass is 297 g/mol. The molecule has 5 nitrogen and oxygen atoms in total. The van der Waals surface area contributed by atoms with Crippen LogP contribution in [0.3, 0.4) is 0 Å². The maximum Gasteiger partial charge on any atom is 0.326 e. The molecule has 0 aliphatic rings. The molecule has 0 aromatic heterocycles. The first-order valence-corrected chi connectivity index (χ1v) is 7.70. The third-order valence-corrected chi connectivity index (χ3v) is 4.14. The molecule has 0 bridgehead atoms. The van der Waals surface area contributed by atoms with E-state index in [2.05, 4.69) is 5.32 Å². The van der Waals surface area contributed by atoms with Crippen molar-refractivity contribution < 1.29 is 18.9 Å². The summed E-state index contributed by atoms with van der Waals surface area (Å²) in [6.45, 7) is 3.38. The lowest BCUT2D eigenvalue weighted by atomic mass is 10.1. The highest BCUT2D eigenvalue weighted by molar-refractivity contribution is 7.85. The van der Waals surface area contributed by atoms with Gasteiger partial charge in [-0.3, -0.25) is 9.00 Å². The Labute approximate surface area is 120 Å². The molecule has 1 aromatic rings. The van der Waals surface area contributed by atoms with E-state index < -0.39 is 22.8 Å². The van der Waals surface area contributed by atoms with Gasteiger partial charge in [0.1, 0.15) is 6.04 Å². The van der Waals surface area contributed by atoms with Crippen molar-refractivity contribution in [3.05, 3.63) is 30.3 Å². The molecular weight excluding hydrogens is 278 g/mol. The number of hydrogen-bond acceptors (Lipinski definition) is 3. The summed E-state index contributed by atoms with van der Waals surface area (Å²) in [6, 6.07) is 7.85. The van der Waals surface area contributed by atoms with Gasteiger partial charge in [0, 0.05) is 16.6 Å². The third kappa shape index (κ3) is 5.13. The Kier molecular flexibility index (Phi) is 6.38. The van der Waals surface area contributed by atoms with Gasteiger partial charge in [0.15, 0.2) is 0 Å². The lowest BCUT2D eigenvalue weighted by Crippen LogP contribution is -2.43. The lowest BCUT2D eigenvalue weighted by molar-refractivity contribution is -0.142. The molecule has 2 N–H and O–H groups in total. The molecule has 0 aliphatic heterocycles. The van der Waals surface area contributed by atoms with Gasteiger partial charge in [0.2, 0.25) is 5.91 Å². The van der Waals surface area contributed by atoms with E-state index in [1.165, 1.54) is 0 Å². The molecule has 0 spiro atoms. The molecule has 6 heteroatoms. The minimum atomic E-state index is -1.26. The van der Waals surface area contributed by atoms with Gasteiger partial charge in [-0.05, 0) is 18.6 Å². The van der Waals surface area contributed by atoms with E-state index in [0.29, 0.717) is 4.90 Å². The molecule has 20 heavy (non-hydrogen) atoms. The standard InChI is InChI=1S/C14H19NO4S/c1-10(2)13(16)15-12(14(17)18)8-9-20(19)11-6-4-3-5-7-11/h3-7,10,12H,8-9H2,1-2H3,(H,15,16)(H,17,18)/t12-,20-/m1/s1. The number of carbonyl (C=O) groups excluding carboxylic acids is 1. The Bertz CT molecular complexity index is 487. The van der Waals surface area contributed by atoms with Crippen LogP contribution in [0.1, 0.15) is 20.3 Å². The fourth-order valence-electron chi connectivity index (χ4n) is 1.51. The molecular formula is C14H19NO4S. The van der Waals surface area contributed by atoms with Gasteiger partial charge < -0.3 is 10.4 Å². The van der Waals surface area contributed by atoms with E-state index in [0.717, 1.165) is 0 Å². The first-order valence-electron chi connectivity index (χ1n) is 6.38. The average Bonchev–Trinajstić information content (AvgIpc) is 2.43. The summed E-state index contributed by atoms with van der Waals surface area (Å²) >= 11 is 0. The van der Waals surface area contributed by atoms with Crippen LogP contribution in [0, 0.1) is 5.92 Å². The second-order valence-corrected chi connectivity index (χ2v) is 6.28. The summed E-state index contributed by atoms with van der Waals surface area (Å²) in [5.74, 6) is -1.51. The second-order valence-electron chi connectivity index (χ2n) is 4.71. The summed E-state index contributed by atoms with van der Waals surface area (Å²) in [4.78, 5) is 23.3. The van der Waals surface area contributed by atoms with E-state index in [-0.39, 0.29) is 24.0 Å². The predicted molar refractivity (Wildman–Crippen MR) is 76.7 cm³/mol. The number of hydrogen-bond donors (Lipinski definition) is 2. The number of aliphatic carboxylic acids is 1. The van der Waals surface area contributed by atoms with Crippen molar-refractivity contribution in [1.29, 1.82) is 0 Å². The van der Waals surface area contributed by atoms with Crippen molar-refractivity contribution in [2.24, 2.45) is 5.92 Å². The Morgan fingerprint density at radius 1 is 1.25 bits per heavy atom. The highest BCUT2D eigenvalue weighted by Crippen LogP contribution is 2.08. The minimum absolute atomic E-state index is 0.134. The highest BCUT2D eigenvalue weighted by Gasteiger charge is 2.22. The maximum atomic E-state index is 12.0. The van der Waals surface area contributed by atoms with Gasteiger partial charge in [-0.2, -0.15) is 0 Å².